The van der Waals surface area contributed by atoms with Crippen molar-refractivity contribution in [3.8, 4) is 11.1 Å². The summed E-state index contributed by atoms with van der Waals surface area (Å²) in [6, 6.07) is 15.2. The molecule has 1 amide bonds. The number of nitrogens with one attached hydrogen (secondary N) is 1. The van der Waals surface area contributed by atoms with Crippen molar-refractivity contribution in [2.75, 3.05) is 6.54 Å². The van der Waals surface area contributed by atoms with E-state index >= 15 is 0 Å². The first-order valence-electron chi connectivity index (χ1n) is 7.93. The minimum Gasteiger partial charge on any atom is -0.481 e. The van der Waals surface area contributed by atoms with Crippen LogP contribution in [0, 0.1) is 0 Å². The zero-order valence-corrected chi connectivity index (χ0v) is 14.1. The Morgan fingerprint density at radius 2 is 1.71 bits per heavy atom. The normalized spacial score (nSPS) is 10.4. The standard InChI is InChI=1S/C19H20ClNO3/c20-17-11-10-15(14-7-3-1-4-8-14)13-16(17)19(24)21-12-6-2-5-9-18(22)23/h1,3-4,7-8,10-11,13H,2,5-6,9,12H2,(H,21,24)(H,22,23). The first kappa shape index (κ1) is 18.0. The molecule has 0 radical (unpaired) electrons. The van der Waals surface area contributed by atoms with Gasteiger partial charge in [-0.25, -0.2) is 0 Å². The van der Waals surface area contributed by atoms with Crippen LogP contribution >= 0.6 is 11.6 Å². The molecule has 2 aromatic rings. The lowest BCUT2D eigenvalue weighted by Gasteiger charge is -2.09. The van der Waals surface area contributed by atoms with Gasteiger partial charge in [-0.15, -0.1) is 0 Å². The van der Waals surface area contributed by atoms with E-state index in [0.29, 0.717) is 23.6 Å². The molecule has 4 nitrogen and oxygen atoms in total. The van der Waals surface area contributed by atoms with Gasteiger partial charge in [-0.2, -0.15) is 0 Å². The van der Waals surface area contributed by atoms with Crippen LogP contribution in [0.1, 0.15) is 36.0 Å². The van der Waals surface area contributed by atoms with Crippen LogP contribution in [0.3, 0.4) is 0 Å². The highest BCUT2D eigenvalue weighted by molar-refractivity contribution is 6.34. The highest BCUT2D eigenvalue weighted by Crippen LogP contribution is 2.25. The Hall–Kier alpha value is -2.33. The number of hydrogen-bond donors (Lipinski definition) is 2. The fourth-order valence-corrected chi connectivity index (χ4v) is 2.59. The maximum atomic E-state index is 12.3. The summed E-state index contributed by atoms with van der Waals surface area (Å²) in [6.07, 6.45) is 2.30. The van der Waals surface area contributed by atoms with Crippen molar-refractivity contribution in [3.63, 3.8) is 0 Å². The Balaban J connectivity index is 1.93. The Kier molecular flexibility index (Phi) is 6.82. The first-order chi connectivity index (χ1) is 11.6. The minimum atomic E-state index is -0.788. The predicted octanol–water partition coefficient (Wildman–Crippen LogP) is 4.38. The monoisotopic (exact) mass is 345 g/mol. The lowest BCUT2D eigenvalue weighted by molar-refractivity contribution is -0.137. The number of unbranched alkanes of at least 4 members (excludes halogenated alkanes) is 2. The lowest BCUT2D eigenvalue weighted by Crippen LogP contribution is -2.24. The van der Waals surface area contributed by atoms with Crippen LogP contribution in [0.5, 0.6) is 0 Å². The summed E-state index contributed by atoms with van der Waals surface area (Å²) in [5.41, 5.74) is 2.41. The molecular formula is C19H20ClNO3. The van der Waals surface area contributed by atoms with Gasteiger partial charge in [-0.1, -0.05) is 54.4 Å². The molecule has 2 rings (SSSR count). The molecule has 2 aromatic carbocycles. The van der Waals surface area contributed by atoms with Crippen molar-refractivity contribution < 1.29 is 14.7 Å². The molecule has 24 heavy (non-hydrogen) atoms. The first-order valence-corrected chi connectivity index (χ1v) is 8.30. The van der Waals surface area contributed by atoms with Gasteiger partial charge in [-0.3, -0.25) is 9.59 Å². The van der Waals surface area contributed by atoms with Gasteiger partial charge in [0, 0.05) is 13.0 Å². The van der Waals surface area contributed by atoms with Gasteiger partial charge in [0.1, 0.15) is 0 Å². The van der Waals surface area contributed by atoms with Crippen molar-refractivity contribution in [2.24, 2.45) is 0 Å². The van der Waals surface area contributed by atoms with Gasteiger partial charge in [0.2, 0.25) is 0 Å². The summed E-state index contributed by atoms with van der Waals surface area (Å²) in [5.74, 6) is -1.00. The Bertz CT molecular complexity index is 701. The maximum Gasteiger partial charge on any atom is 0.303 e. The lowest BCUT2D eigenvalue weighted by atomic mass is 10.0. The Labute approximate surface area is 146 Å². The molecule has 0 saturated heterocycles. The highest BCUT2D eigenvalue weighted by atomic mass is 35.5. The molecule has 0 atom stereocenters. The number of carboxylic acids is 1. The number of aliphatic carboxylic acids is 1. The van der Waals surface area contributed by atoms with E-state index in [-0.39, 0.29) is 12.3 Å². The van der Waals surface area contributed by atoms with Gasteiger partial charge < -0.3 is 10.4 Å². The fourth-order valence-electron chi connectivity index (χ4n) is 2.38. The molecule has 0 aliphatic carbocycles. The van der Waals surface area contributed by atoms with Crippen molar-refractivity contribution in [3.05, 3.63) is 59.1 Å². The van der Waals surface area contributed by atoms with E-state index in [9.17, 15) is 9.59 Å². The van der Waals surface area contributed by atoms with Crippen LogP contribution in [-0.2, 0) is 4.79 Å². The smallest absolute Gasteiger partial charge is 0.303 e. The Morgan fingerprint density at radius 1 is 0.958 bits per heavy atom. The summed E-state index contributed by atoms with van der Waals surface area (Å²) in [4.78, 5) is 22.7. The maximum absolute atomic E-state index is 12.3. The van der Waals surface area contributed by atoms with E-state index in [1.54, 1.807) is 12.1 Å². The van der Waals surface area contributed by atoms with Gasteiger partial charge >= 0.3 is 5.97 Å². The quantitative estimate of drug-likeness (QED) is 0.697. The molecule has 0 bridgehead atoms. The minimum absolute atomic E-state index is 0.166. The highest BCUT2D eigenvalue weighted by Gasteiger charge is 2.11. The second-order valence-electron chi connectivity index (χ2n) is 5.52. The molecular weight excluding hydrogens is 326 g/mol. The third-order valence-corrected chi connectivity index (χ3v) is 4.00. The molecule has 0 aromatic heterocycles. The van der Waals surface area contributed by atoms with Crippen LogP contribution in [0.4, 0.5) is 0 Å². The van der Waals surface area contributed by atoms with Crippen LogP contribution in [0.25, 0.3) is 11.1 Å². The third kappa shape index (κ3) is 5.39. The number of benzene rings is 2. The fraction of sp³-hybridized carbons (Fsp3) is 0.263. The van der Waals surface area contributed by atoms with Crippen molar-refractivity contribution in [1.29, 1.82) is 0 Å². The third-order valence-electron chi connectivity index (χ3n) is 3.67. The summed E-state index contributed by atoms with van der Waals surface area (Å²) >= 11 is 6.15. The van der Waals surface area contributed by atoms with E-state index in [1.165, 1.54) is 0 Å². The molecule has 0 unspecified atom stereocenters. The molecule has 126 valence electrons. The molecule has 2 N–H and O–H groups in total. The van der Waals surface area contributed by atoms with Crippen LogP contribution in [0.2, 0.25) is 5.02 Å². The molecule has 5 heteroatoms. The van der Waals surface area contributed by atoms with E-state index in [0.717, 1.165) is 24.0 Å². The van der Waals surface area contributed by atoms with Crippen LogP contribution in [0.15, 0.2) is 48.5 Å². The number of halogens is 1. The summed E-state index contributed by atoms with van der Waals surface area (Å²) in [5, 5.41) is 11.8. The SMILES string of the molecule is O=C(O)CCCCCNC(=O)c1cc(-c2ccccc2)ccc1Cl. The summed E-state index contributed by atoms with van der Waals surface area (Å²) in [7, 11) is 0. The molecule has 0 aliphatic heterocycles. The van der Waals surface area contributed by atoms with Crippen molar-refractivity contribution in [2.45, 2.75) is 25.7 Å². The van der Waals surface area contributed by atoms with Crippen LogP contribution in [-0.4, -0.2) is 23.5 Å². The topological polar surface area (TPSA) is 66.4 Å². The molecule has 0 heterocycles. The van der Waals surface area contributed by atoms with Crippen molar-refractivity contribution >= 4 is 23.5 Å². The van der Waals surface area contributed by atoms with E-state index in [2.05, 4.69) is 5.32 Å². The van der Waals surface area contributed by atoms with Crippen LogP contribution < -0.4 is 5.32 Å². The molecule has 0 spiro atoms. The molecule has 0 saturated carbocycles. The largest absolute Gasteiger partial charge is 0.481 e. The van der Waals surface area contributed by atoms with Crippen molar-refractivity contribution in [1.82, 2.24) is 5.32 Å². The number of carboxylic acid groups (broad SMARTS) is 1. The van der Waals surface area contributed by atoms with Gasteiger partial charge in [0.15, 0.2) is 0 Å². The number of rotatable bonds is 8. The second-order valence-corrected chi connectivity index (χ2v) is 5.93. The summed E-state index contributed by atoms with van der Waals surface area (Å²) in [6.45, 7) is 0.504. The van der Waals surface area contributed by atoms with Gasteiger partial charge in [0.05, 0.1) is 10.6 Å². The molecule has 0 aliphatic rings. The number of hydrogen-bond acceptors (Lipinski definition) is 2. The van der Waals surface area contributed by atoms with Gasteiger partial charge in [0.25, 0.3) is 5.91 Å². The average Bonchev–Trinajstić information content (AvgIpc) is 2.58. The predicted molar refractivity (Wildman–Crippen MR) is 95.3 cm³/mol. The van der Waals surface area contributed by atoms with Gasteiger partial charge in [-0.05, 0) is 36.1 Å². The summed E-state index contributed by atoms with van der Waals surface area (Å²) < 4.78 is 0. The zero-order chi connectivity index (χ0) is 17.4. The Morgan fingerprint density at radius 3 is 2.42 bits per heavy atom. The number of amides is 1. The number of carbonyl (C=O) groups is 2. The second kappa shape index (κ2) is 9.08. The average molecular weight is 346 g/mol. The van der Waals surface area contributed by atoms with E-state index in [4.69, 9.17) is 16.7 Å². The number of carbonyl (C=O) groups excluding carboxylic acids is 1. The zero-order valence-electron chi connectivity index (χ0n) is 13.3. The van der Waals surface area contributed by atoms with E-state index in [1.807, 2.05) is 36.4 Å². The molecule has 0 fully saturated rings. The van der Waals surface area contributed by atoms with E-state index < -0.39 is 5.97 Å².